The van der Waals surface area contributed by atoms with Crippen molar-refractivity contribution in [3.05, 3.63) is 0 Å². The fourth-order valence-electron chi connectivity index (χ4n) is 0.891. The molecule has 0 aliphatic carbocycles. The van der Waals surface area contributed by atoms with Crippen LogP contribution in [0, 0.1) is 0 Å². The topological polar surface area (TPSA) is 38.8 Å². The summed E-state index contributed by atoms with van der Waals surface area (Å²) in [6.45, 7) is 1.12. The van der Waals surface area contributed by atoms with Crippen molar-refractivity contribution < 1.29 is 14.3 Å². The zero-order chi connectivity index (χ0) is 5.61. The van der Waals surface area contributed by atoms with Gasteiger partial charge in [-0.15, -0.1) is 0 Å². The maximum atomic E-state index is 10.6. The second-order valence-electron chi connectivity index (χ2n) is 2.17. The Kier molecular flexibility index (Phi) is 0.568. The molecule has 2 saturated heterocycles. The fourth-order valence-corrected chi connectivity index (χ4v) is 0.891. The molecule has 44 valence electrons. The molecule has 3 nitrogen and oxygen atoms in total. The van der Waals surface area contributed by atoms with Gasteiger partial charge in [0.25, 0.3) is 0 Å². The monoisotopic (exact) mass is 114 g/mol. The van der Waals surface area contributed by atoms with Gasteiger partial charge in [-0.3, -0.25) is 0 Å². The quantitative estimate of drug-likeness (QED) is 0.320. The average molecular weight is 114 g/mol. The highest BCUT2D eigenvalue weighted by Crippen LogP contribution is 2.36. The molecule has 0 saturated carbocycles. The largest absolute Gasteiger partial charge is 0.463 e. The predicted octanol–water partition coefficient (Wildman–Crippen LogP) is -0.298. The molecule has 2 heterocycles. The molecule has 0 aromatic carbocycles. The minimum Gasteiger partial charge on any atom is -0.463 e. The Labute approximate surface area is 46.6 Å². The van der Waals surface area contributed by atoms with Crippen molar-refractivity contribution in [1.29, 1.82) is 0 Å². The second kappa shape index (κ2) is 1.05. The summed E-state index contributed by atoms with van der Waals surface area (Å²) in [6.07, 6.45) is 0.756. The maximum absolute atomic E-state index is 10.6. The summed E-state index contributed by atoms with van der Waals surface area (Å²) in [5, 5.41) is 0. The van der Waals surface area contributed by atoms with Gasteiger partial charge >= 0.3 is 5.97 Å². The summed E-state index contributed by atoms with van der Waals surface area (Å²) in [5.74, 6) is -0.169. The smallest absolute Gasteiger partial charge is 0.340 e. The molecule has 3 heteroatoms. The summed E-state index contributed by atoms with van der Waals surface area (Å²) in [5.41, 5.74) is -0.458. The lowest BCUT2D eigenvalue weighted by atomic mass is 10.1. The molecule has 1 atom stereocenters. The molecule has 8 heavy (non-hydrogen) atoms. The lowest BCUT2D eigenvalue weighted by Gasteiger charge is -1.89. The summed E-state index contributed by atoms with van der Waals surface area (Å²) in [4.78, 5) is 10.6. The van der Waals surface area contributed by atoms with Crippen LogP contribution in [-0.2, 0) is 14.3 Å². The number of ether oxygens (including phenoxy) is 2. The molecule has 2 rings (SSSR count). The molecule has 2 aliphatic heterocycles. The fraction of sp³-hybridized carbons (Fsp3) is 0.800. The van der Waals surface area contributed by atoms with Gasteiger partial charge in [-0.1, -0.05) is 0 Å². The summed E-state index contributed by atoms with van der Waals surface area (Å²) < 4.78 is 9.56. The first kappa shape index (κ1) is 4.32. The Morgan fingerprint density at radius 2 is 2.38 bits per heavy atom. The van der Waals surface area contributed by atoms with Crippen molar-refractivity contribution in [1.82, 2.24) is 0 Å². The van der Waals surface area contributed by atoms with Crippen LogP contribution in [0.4, 0.5) is 0 Å². The van der Waals surface area contributed by atoms with Crippen LogP contribution in [0.3, 0.4) is 0 Å². The van der Waals surface area contributed by atoms with Crippen LogP contribution in [0.1, 0.15) is 6.42 Å². The molecule has 0 amide bonds. The molecule has 0 aromatic rings. The number of carbonyl (C=O) groups excluding carboxylic acids is 1. The van der Waals surface area contributed by atoms with Crippen molar-refractivity contribution in [2.45, 2.75) is 12.0 Å². The zero-order valence-electron chi connectivity index (χ0n) is 4.35. The van der Waals surface area contributed by atoms with Crippen molar-refractivity contribution in [2.75, 3.05) is 13.2 Å². The van der Waals surface area contributed by atoms with Crippen LogP contribution in [0.25, 0.3) is 0 Å². The van der Waals surface area contributed by atoms with Gasteiger partial charge in [0.1, 0.15) is 0 Å². The van der Waals surface area contributed by atoms with E-state index in [1.54, 1.807) is 0 Å². The van der Waals surface area contributed by atoms with Crippen LogP contribution >= 0.6 is 0 Å². The van der Waals surface area contributed by atoms with Crippen LogP contribution in [-0.4, -0.2) is 24.8 Å². The minimum atomic E-state index is -0.458. The molecule has 2 fully saturated rings. The number of hydrogen-bond donors (Lipinski definition) is 0. The van der Waals surface area contributed by atoms with Crippen molar-refractivity contribution >= 4 is 5.97 Å². The van der Waals surface area contributed by atoms with Gasteiger partial charge in [0.2, 0.25) is 0 Å². The van der Waals surface area contributed by atoms with Crippen molar-refractivity contribution in [3.63, 3.8) is 0 Å². The minimum absolute atomic E-state index is 0.169. The first-order valence-corrected chi connectivity index (χ1v) is 2.65. The number of carbonyl (C=O) groups is 1. The molecule has 2 aliphatic rings. The summed E-state index contributed by atoms with van der Waals surface area (Å²) in [6, 6.07) is 0. The number of epoxide rings is 1. The Hall–Kier alpha value is -0.570. The third-order valence-electron chi connectivity index (χ3n) is 1.60. The molecule has 0 bridgehead atoms. The van der Waals surface area contributed by atoms with E-state index in [1.807, 2.05) is 0 Å². The molecular formula is C5H6O3. The van der Waals surface area contributed by atoms with Gasteiger partial charge in [0.05, 0.1) is 13.2 Å². The lowest BCUT2D eigenvalue weighted by molar-refractivity contribution is -0.142. The van der Waals surface area contributed by atoms with E-state index >= 15 is 0 Å². The third kappa shape index (κ3) is 0.351. The Morgan fingerprint density at radius 1 is 1.62 bits per heavy atom. The van der Waals surface area contributed by atoms with Crippen molar-refractivity contribution in [3.8, 4) is 0 Å². The van der Waals surface area contributed by atoms with Crippen LogP contribution in [0.5, 0.6) is 0 Å². The lowest BCUT2D eigenvalue weighted by Crippen LogP contribution is -2.16. The molecule has 1 spiro atoms. The summed E-state index contributed by atoms with van der Waals surface area (Å²) in [7, 11) is 0. The van der Waals surface area contributed by atoms with Crippen LogP contribution in [0.2, 0.25) is 0 Å². The highest BCUT2D eigenvalue weighted by atomic mass is 16.7. The van der Waals surface area contributed by atoms with E-state index in [2.05, 4.69) is 4.74 Å². The number of rotatable bonds is 0. The standard InChI is InChI=1S/C5H6O3/c6-4-5(3-8-5)1-2-7-4/h1-3H2. The zero-order valence-corrected chi connectivity index (χ0v) is 4.35. The molecule has 0 aromatic heterocycles. The first-order valence-electron chi connectivity index (χ1n) is 2.65. The SMILES string of the molecule is O=C1OCCC12CO2. The highest BCUT2D eigenvalue weighted by molar-refractivity contribution is 5.84. The molecule has 1 unspecified atom stereocenters. The van der Waals surface area contributed by atoms with Gasteiger partial charge in [0, 0.05) is 6.42 Å². The average Bonchev–Trinajstić information content (AvgIpc) is 2.39. The van der Waals surface area contributed by atoms with E-state index in [0.717, 1.165) is 6.42 Å². The number of hydrogen-bond acceptors (Lipinski definition) is 3. The number of cyclic esters (lactones) is 1. The number of esters is 1. The first-order chi connectivity index (χ1) is 3.83. The highest BCUT2D eigenvalue weighted by Gasteiger charge is 2.57. The van der Waals surface area contributed by atoms with E-state index in [4.69, 9.17) is 4.74 Å². The van der Waals surface area contributed by atoms with E-state index in [-0.39, 0.29) is 5.97 Å². The Morgan fingerprint density at radius 3 is 2.62 bits per heavy atom. The van der Waals surface area contributed by atoms with Crippen LogP contribution in [0.15, 0.2) is 0 Å². The van der Waals surface area contributed by atoms with E-state index in [0.29, 0.717) is 13.2 Å². The van der Waals surface area contributed by atoms with Crippen molar-refractivity contribution in [2.24, 2.45) is 0 Å². The van der Waals surface area contributed by atoms with Crippen LogP contribution < -0.4 is 0 Å². The van der Waals surface area contributed by atoms with Gasteiger partial charge < -0.3 is 9.47 Å². The van der Waals surface area contributed by atoms with E-state index in [1.165, 1.54) is 0 Å². The Balaban J connectivity index is 2.23. The van der Waals surface area contributed by atoms with Gasteiger partial charge in [-0.2, -0.15) is 0 Å². The summed E-state index contributed by atoms with van der Waals surface area (Å²) >= 11 is 0. The normalized spacial score (nSPS) is 42.8. The Bertz CT molecular complexity index is 137. The molecular weight excluding hydrogens is 108 g/mol. The van der Waals surface area contributed by atoms with E-state index < -0.39 is 5.60 Å². The predicted molar refractivity (Wildman–Crippen MR) is 24.3 cm³/mol. The second-order valence-corrected chi connectivity index (χ2v) is 2.17. The van der Waals surface area contributed by atoms with Gasteiger partial charge in [0.15, 0.2) is 5.60 Å². The molecule has 0 N–H and O–H groups in total. The third-order valence-corrected chi connectivity index (χ3v) is 1.60. The van der Waals surface area contributed by atoms with Gasteiger partial charge in [-0.05, 0) is 0 Å². The maximum Gasteiger partial charge on any atom is 0.340 e. The molecule has 0 radical (unpaired) electrons. The van der Waals surface area contributed by atoms with Gasteiger partial charge in [-0.25, -0.2) is 4.79 Å². The van der Waals surface area contributed by atoms with E-state index in [9.17, 15) is 4.79 Å².